The topological polar surface area (TPSA) is 92.9 Å². The lowest BCUT2D eigenvalue weighted by Crippen LogP contribution is -2.40. The van der Waals surface area contributed by atoms with Gasteiger partial charge in [-0.3, -0.25) is 10.1 Å². The zero-order valence-corrected chi connectivity index (χ0v) is 12.2. The van der Waals surface area contributed by atoms with E-state index in [9.17, 15) is 20.0 Å². The Morgan fingerprint density at radius 1 is 1.57 bits per heavy atom. The molecule has 1 aliphatic rings. The number of nitro benzene ring substituents is 1. The first kappa shape index (κ1) is 15.5. The van der Waals surface area contributed by atoms with Crippen molar-refractivity contribution in [2.24, 2.45) is 0 Å². The quantitative estimate of drug-likeness (QED) is 0.678. The van der Waals surface area contributed by atoms with Gasteiger partial charge in [-0.15, -0.1) is 0 Å². The van der Waals surface area contributed by atoms with Crippen LogP contribution in [0.25, 0.3) is 0 Å². The Morgan fingerprint density at radius 2 is 2.29 bits per heavy atom. The number of hydrogen-bond donors (Lipinski definition) is 1. The molecule has 1 aliphatic heterocycles. The van der Waals surface area contributed by atoms with E-state index in [0.29, 0.717) is 18.8 Å². The van der Waals surface area contributed by atoms with Gasteiger partial charge in [0.1, 0.15) is 0 Å². The first-order valence-electron chi connectivity index (χ1n) is 6.43. The number of methoxy groups -OCH3 is 1. The predicted octanol–water partition coefficient (Wildman–Crippen LogP) is 2.56. The van der Waals surface area contributed by atoms with Gasteiger partial charge in [0.2, 0.25) is 0 Å². The average Bonchev–Trinajstić information content (AvgIpc) is 2.46. The minimum Gasteiger partial charge on any atom is -0.478 e. The molecule has 1 saturated heterocycles. The molecule has 1 aromatic carbocycles. The van der Waals surface area contributed by atoms with Gasteiger partial charge in [-0.05, 0) is 12.8 Å². The highest BCUT2D eigenvalue weighted by atomic mass is 35.5. The molecule has 1 unspecified atom stereocenters. The monoisotopic (exact) mass is 314 g/mol. The summed E-state index contributed by atoms with van der Waals surface area (Å²) in [6.45, 7) is 1.14. The summed E-state index contributed by atoms with van der Waals surface area (Å²) in [5, 5.41) is 20.2. The number of rotatable bonds is 4. The molecule has 0 amide bonds. The van der Waals surface area contributed by atoms with E-state index in [0.717, 1.165) is 18.9 Å². The lowest BCUT2D eigenvalue weighted by atomic mass is 10.0. The number of aromatic carboxylic acids is 1. The van der Waals surface area contributed by atoms with Gasteiger partial charge in [0, 0.05) is 32.3 Å². The Morgan fingerprint density at radius 3 is 2.86 bits per heavy atom. The Hall–Kier alpha value is -1.86. The van der Waals surface area contributed by atoms with Crippen LogP contribution in [0.2, 0.25) is 5.02 Å². The van der Waals surface area contributed by atoms with Crippen LogP contribution in [0.3, 0.4) is 0 Å². The Balaban J connectivity index is 2.46. The van der Waals surface area contributed by atoms with Crippen molar-refractivity contribution in [3.63, 3.8) is 0 Å². The van der Waals surface area contributed by atoms with Crippen molar-refractivity contribution >= 4 is 28.9 Å². The van der Waals surface area contributed by atoms with Gasteiger partial charge in [0.05, 0.1) is 27.3 Å². The van der Waals surface area contributed by atoms with Crippen molar-refractivity contribution in [1.82, 2.24) is 0 Å². The third-order valence-corrected chi connectivity index (χ3v) is 3.81. The molecule has 7 nitrogen and oxygen atoms in total. The molecule has 8 heteroatoms. The molecule has 1 aromatic rings. The van der Waals surface area contributed by atoms with Crippen LogP contribution in [0, 0.1) is 10.1 Å². The lowest BCUT2D eigenvalue weighted by Gasteiger charge is -2.34. The molecule has 0 bridgehead atoms. The number of carboxylic acids is 1. The van der Waals surface area contributed by atoms with Gasteiger partial charge in [-0.1, -0.05) is 11.6 Å². The third-order valence-electron chi connectivity index (χ3n) is 3.52. The summed E-state index contributed by atoms with van der Waals surface area (Å²) in [5.41, 5.74) is -0.177. The fourth-order valence-corrected chi connectivity index (χ4v) is 2.84. The zero-order valence-electron chi connectivity index (χ0n) is 11.4. The normalized spacial score (nSPS) is 18.6. The molecule has 1 fully saturated rings. The van der Waals surface area contributed by atoms with Gasteiger partial charge in [0.25, 0.3) is 5.69 Å². The number of carbonyl (C=O) groups is 1. The zero-order chi connectivity index (χ0) is 15.6. The maximum absolute atomic E-state index is 11.4. The molecule has 0 spiro atoms. The fourth-order valence-electron chi connectivity index (χ4n) is 2.51. The van der Waals surface area contributed by atoms with E-state index in [4.69, 9.17) is 16.3 Å². The molecule has 1 atom stereocenters. The summed E-state index contributed by atoms with van der Waals surface area (Å²) in [5.74, 6) is -1.24. The lowest BCUT2D eigenvalue weighted by molar-refractivity contribution is -0.384. The van der Waals surface area contributed by atoms with E-state index in [2.05, 4.69) is 0 Å². The number of hydrogen-bond acceptors (Lipinski definition) is 5. The van der Waals surface area contributed by atoms with E-state index in [1.807, 2.05) is 4.90 Å². The van der Waals surface area contributed by atoms with Crippen molar-refractivity contribution in [3.8, 4) is 0 Å². The maximum atomic E-state index is 11.4. The summed E-state index contributed by atoms with van der Waals surface area (Å²) in [6, 6.07) is 2.22. The highest BCUT2D eigenvalue weighted by Crippen LogP contribution is 2.36. The van der Waals surface area contributed by atoms with E-state index >= 15 is 0 Å². The predicted molar refractivity (Wildman–Crippen MR) is 77.3 cm³/mol. The highest BCUT2D eigenvalue weighted by Gasteiger charge is 2.27. The third kappa shape index (κ3) is 3.25. The van der Waals surface area contributed by atoms with Crippen molar-refractivity contribution in [3.05, 3.63) is 32.8 Å². The number of halogens is 1. The summed E-state index contributed by atoms with van der Waals surface area (Å²) in [6.07, 6.45) is 1.72. The van der Waals surface area contributed by atoms with E-state index in [1.165, 1.54) is 6.07 Å². The molecule has 0 radical (unpaired) electrons. The van der Waals surface area contributed by atoms with Gasteiger partial charge < -0.3 is 14.7 Å². The number of benzene rings is 1. The second-order valence-electron chi connectivity index (χ2n) is 4.83. The van der Waals surface area contributed by atoms with Crippen LogP contribution in [0.1, 0.15) is 23.2 Å². The van der Waals surface area contributed by atoms with Crippen LogP contribution in [0.5, 0.6) is 0 Å². The summed E-state index contributed by atoms with van der Waals surface area (Å²) in [7, 11) is 1.60. The number of nitrogens with zero attached hydrogens (tertiary/aromatic N) is 2. The number of piperidine rings is 1. The summed E-state index contributed by atoms with van der Waals surface area (Å²) < 4.78 is 5.30. The van der Waals surface area contributed by atoms with Crippen molar-refractivity contribution in [2.75, 3.05) is 25.1 Å². The van der Waals surface area contributed by atoms with E-state index in [-0.39, 0.29) is 22.4 Å². The first-order valence-corrected chi connectivity index (χ1v) is 6.80. The summed E-state index contributed by atoms with van der Waals surface area (Å²) >= 11 is 6.10. The fraction of sp³-hybridized carbons (Fsp3) is 0.462. The van der Waals surface area contributed by atoms with Crippen LogP contribution in [-0.2, 0) is 4.74 Å². The molecular weight excluding hydrogens is 300 g/mol. The van der Waals surface area contributed by atoms with E-state index in [1.54, 1.807) is 7.11 Å². The van der Waals surface area contributed by atoms with Crippen LogP contribution in [-0.4, -0.2) is 42.3 Å². The van der Waals surface area contributed by atoms with Crippen molar-refractivity contribution in [1.29, 1.82) is 0 Å². The minimum absolute atomic E-state index is 0.00773. The second-order valence-corrected chi connectivity index (χ2v) is 5.24. The molecule has 2 rings (SSSR count). The number of nitro groups is 1. The summed E-state index contributed by atoms with van der Waals surface area (Å²) in [4.78, 5) is 23.4. The van der Waals surface area contributed by atoms with Gasteiger partial charge in [-0.2, -0.15) is 0 Å². The van der Waals surface area contributed by atoms with Crippen LogP contribution >= 0.6 is 11.6 Å². The number of anilines is 1. The number of ether oxygens (including phenoxy) is 1. The number of non-ortho nitro benzene ring substituents is 1. The van der Waals surface area contributed by atoms with Gasteiger partial charge in [0.15, 0.2) is 0 Å². The molecule has 0 saturated carbocycles. The highest BCUT2D eigenvalue weighted by molar-refractivity contribution is 6.34. The molecule has 1 heterocycles. The minimum atomic E-state index is -1.24. The Bertz CT molecular complexity index is 578. The van der Waals surface area contributed by atoms with Crippen LogP contribution < -0.4 is 4.90 Å². The van der Waals surface area contributed by atoms with E-state index < -0.39 is 10.9 Å². The molecule has 0 aliphatic carbocycles. The molecule has 0 aromatic heterocycles. The van der Waals surface area contributed by atoms with Crippen LogP contribution in [0.4, 0.5) is 11.4 Å². The second kappa shape index (κ2) is 6.28. The molecule has 21 heavy (non-hydrogen) atoms. The Kier molecular flexibility index (Phi) is 4.64. The molecule has 1 N–H and O–H groups in total. The van der Waals surface area contributed by atoms with Crippen LogP contribution in [0.15, 0.2) is 12.1 Å². The first-order chi connectivity index (χ1) is 9.93. The SMILES string of the molecule is COC1CCCN(c2c(Cl)cc([N+](=O)[O-])cc2C(=O)O)C1. The van der Waals surface area contributed by atoms with Gasteiger partial charge in [-0.25, -0.2) is 4.79 Å². The smallest absolute Gasteiger partial charge is 0.338 e. The maximum Gasteiger partial charge on any atom is 0.338 e. The molecular formula is C13H15ClN2O5. The van der Waals surface area contributed by atoms with Gasteiger partial charge >= 0.3 is 5.97 Å². The molecule has 114 valence electrons. The van der Waals surface area contributed by atoms with Crippen molar-refractivity contribution < 1.29 is 19.6 Å². The van der Waals surface area contributed by atoms with Crippen molar-refractivity contribution in [2.45, 2.75) is 18.9 Å². The average molecular weight is 315 g/mol. The number of carboxylic acid groups (broad SMARTS) is 1. The standard InChI is InChI=1S/C13H15ClN2O5/c1-21-9-3-2-4-15(7-9)12-10(13(17)18)5-8(16(19)20)6-11(12)14/h5-6,9H,2-4,7H2,1H3,(H,17,18). The Labute approximate surface area is 126 Å². The largest absolute Gasteiger partial charge is 0.478 e.